The summed E-state index contributed by atoms with van der Waals surface area (Å²) in [7, 11) is 0. The molecule has 5 nitrogen and oxygen atoms in total. The molecule has 0 fully saturated rings. The lowest BCUT2D eigenvalue weighted by Crippen LogP contribution is -2.15. The smallest absolute Gasteiger partial charge is 0.339 e. The van der Waals surface area contributed by atoms with Gasteiger partial charge in [0.05, 0.1) is 22.5 Å². The van der Waals surface area contributed by atoms with Gasteiger partial charge in [-0.15, -0.1) is 0 Å². The van der Waals surface area contributed by atoms with Gasteiger partial charge in [0.25, 0.3) is 0 Å². The molecule has 4 aromatic rings. The van der Waals surface area contributed by atoms with E-state index in [1.807, 2.05) is 36.4 Å². The van der Waals surface area contributed by atoms with Gasteiger partial charge in [-0.25, -0.2) is 9.78 Å². The number of para-hydroxylation sites is 1. The molecular formula is C23H15BrN2O3. The van der Waals surface area contributed by atoms with E-state index >= 15 is 0 Å². The summed E-state index contributed by atoms with van der Waals surface area (Å²) in [6.45, 7) is -0.337. The van der Waals surface area contributed by atoms with Crippen LogP contribution in [0.15, 0.2) is 83.5 Å². The zero-order valence-electron chi connectivity index (χ0n) is 15.2. The Morgan fingerprint density at radius 2 is 1.66 bits per heavy atom. The third-order valence-electron chi connectivity index (χ3n) is 4.36. The molecule has 2 aromatic heterocycles. The minimum absolute atomic E-state index is 0.269. The number of carbonyl (C=O) groups excluding carboxylic acids is 2. The van der Waals surface area contributed by atoms with Crippen LogP contribution in [0.2, 0.25) is 0 Å². The number of carbonyl (C=O) groups is 2. The first kappa shape index (κ1) is 19.0. The highest BCUT2D eigenvalue weighted by Gasteiger charge is 2.17. The number of Topliss-reactive ketones (excluding diaryl/α,β-unsaturated/α-hetero) is 1. The van der Waals surface area contributed by atoms with Gasteiger partial charge in [-0.3, -0.25) is 9.78 Å². The van der Waals surface area contributed by atoms with Gasteiger partial charge in [0.1, 0.15) is 0 Å². The Hall–Kier alpha value is -3.38. The Labute approximate surface area is 175 Å². The van der Waals surface area contributed by atoms with Crippen LogP contribution < -0.4 is 0 Å². The maximum absolute atomic E-state index is 12.8. The highest BCUT2D eigenvalue weighted by Crippen LogP contribution is 2.24. The van der Waals surface area contributed by atoms with Crippen molar-refractivity contribution >= 4 is 38.6 Å². The second-order valence-corrected chi connectivity index (χ2v) is 7.21. The molecule has 4 rings (SSSR count). The van der Waals surface area contributed by atoms with Crippen LogP contribution in [0.4, 0.5) is 0 Å². The van der Waals surface area contributed by atoms with Gasteiger partial charge in [0, 0.05) is 21.6 Å². The molecule has 0 saturated heterocycles. The van der Waals surface area contributed by atoms with E-state index in [0.717, 1.165) is 4.47 Å². The van der Waals surface area contributed by atoms with Crippen molar-refractivity contribution in [2.45, 2.75) is 0 Å². The number of halogens is 1. The van der Waals surface area contributed by atoms with E-state index < -0.39 is 5.97 Å². The summed E-state index contributed by atoms with van der Waals surface area (Å²) in [6.07, 6.45) is 1.67. The Morgan fingerprint density at radius 1 is 0.897 bits per heavy atom. The van der Waals surface area contributed by atoms with Crippen molar-refractivity contribution in [3.63, 3.8) is 0 Å². The third-order valence-corrected chi connectivity index (χ3v) is 4.89. The molecule has 0 amide bonds. The molecule has 6 heteroatoms. The van der Waals surface area contributed by atoms with E-state index in [4.69, 9.17) is 4.74 Å². The minimum atomic E-state index is -0.578. The minimum Gasteiger partial charge on any atom is -0.454 e. The van der Waals surface area contributed by atoms with E-state index in [1.165, 1.54) is 0 Å². The fraction of sp³-hybridized carbons (Fsp3) is 0.0435. The number of pyridine rings is 2. The average molecular weight is 447 g/mol. The fourth-order valence-electron chi connectivity index (χ4n) is 2.92. The van der Waals surface area contributed by atoms with Crippen LogP contribution in [0.3, 0.4) is 0 Å². The zero-order valence-corrected chi connectivity index (χ0v) is 16.8. The Morgan fingerprint density at radius 3 is 2.41 bits per heavy atom. The lowest BCUT2D eigenvalue weighted by molar-refractivity contribution is 0.0476. The van der Waals surface area contributed by atoms with Crippen LogP contribution in [0, 0.1) is 0 Å². The van der Waals surface area contributed by atoms with Crippen molar-refractivity contribution in [1.29, 1.82) is 0 Å². The van der Waals surface area contributed by atoms with Gasteiger partial charge < -0.3 is 4.74 Å². The topological polar surface area (TPSA) is 69.2 Å². The Balaban J connectivity index is 1.62. The van der Waals surface area contributed by atoms with Gasteiger partial charge in [-0.05, 0) is 36.4 Å². The van der Waals surface area contributed by atoms with Crippen molar-refractivity contribution in [2.24, 2.45) is 0 Å². The molecule has 0 atom stereocenters. The van der Waals surface area contributed by atoms with Gasteiger partial charge >= 0.3 is 5.97 Å². The van der Waals surface area contributed by atoms with E-state index in [9.17, 15) is 9.59 Å². The molecule has 2 aromatic carbocycles. The molecule has 0 N–H and O–H groups in total. The highest BCUT2D eigenvalue weighted by atomic mass is 79.9. The number of fused-ring (bicyclic) bond motifs is 1. The number of ketones is 1. The molecule has 0 aliphatic heterocycles. The molecule has 0 spiro atoms. The van der Waals surface area contributed by atoms with Crippen molar-refractivity contribution < 1.29 is 14.3 Å². The lowest BCUT2D eigenvalue weighted by Gasteiger charge is -2.09. The third kappa shape index (κ3) is 4.22. The second-order valence-electron chi connectivity index (χ2n) is 6.29. The lowest BCUT2D eigenvalue weighted by atomic mass is 10.1. The number of hydrogen-bond acceptors (Lipinski definition) is 5. The molecule has 0 aliphatic rings. The molecule has 0 saturated carbocycles. The van der Waals surface area contributed by atoms with Crippen LogP contribution in [-0.4, -0.2) is 28.3 Å². The number of ether oxygens (including phenoxy) is 1. The number of nitrogens with zero attached hydrogens (tertiary/aromatic N) is 2. The van der Waals surface area contributed by atoms with Crippen LogP contribution in [0.25, 0.3) is 22.3 Å². The zero-order chi connectivity index (χ0) is 20.2. The summed E-state index contributed by atoms with van der Waals surface area (Å²) in [5.74, 6) is -0.847. The summed E-state index contributed by atoms with van der Waals surface area (Å²) < 4.78 is 6.20. The Kier molecular flexibility index (Phi) is 5.44. The first-order valence-electron chi connectivity index (χ1n) is 8.89. The Bertz CT molecular complexity index is 1190. The largest absolute Gasteiger partial charge is 0.454 e. The van der Waals surface area contributed by atoms with Crippen LogP contribution >= 0.6 is 15.9 Å². The monoisotopic (exact) mass is 446 g/mol. The predicted octanol–water partition coefficient (Wildman–Crippen LogP) is 5.10. The first-order chi connectivity index (χ1) is 14.1. The summed E-state index contributed by atoms with van der Waals surface area (Å²) in [5, 5.41) is 0.660. The molecule has 0 radical (unpaired) electrons. The highest BCUT2D eigenvalue weighted by molar-refractivity contribution is 9.10. The van der Waals surface area contributed by atoms with E-state index in [1.54, 1.807) is 42.6 Å². The van der Waals surface area contributed by atoms with Crippen molar-refractivity contribution in [3.05, 3.63) is 94.6 Å². The quantitative estimate of drug-likeness (QED) is 0.315. The number of hydrogen-bond donors (Lipinski definition) is 0. The second kappa shape index (κ2) is 8.32. The number of benzene rings is 2. The molecule has 29 heavy (non-hydrogen) atoms. The standard InChI is InChI=1S/C23H15BrN2O3/c24-16-10-8-15(9-11-16)22(27)14-29-23(28)18-13-21(20-7-3-4-12-25-20)26-19-6-2-1-5-17(18)19/h1-13H,14H2. The number of aromatic nitrogens is 2. The molecule has 2 heterocycles. The molecule has 0 unspecified atom stereocenters. The predicted molar refractivity (Wildman–Crippen MR) is 114 cm³/mol. The number of rotatable bonds is 5. The van der Waals surface area contributed by atoms with Gasteiger partial charge in [0.15, 0.2) is 12.4 Å². The first-order valence-corrected chi connectivity index (χ1v) is 9.68. The van der Waals surface area contributed by atoms with Gasteiger partial charge in [-0.1, -0.05) is 52.3 Å². The van der Waals surface area contributed by atoms with Crippen molar-refractivity contribution in [1.82, 2.24) is 9.97 Å². The maximum atomic E-state index is 12.8. The average Bonchev–Trinajstić information content (AvgIpc) is 2.77. The number of esters is 1. The fourth-order valence-corrected chi connectivity index (χ4v) is 3.18. The summed E-state index contributed by atoms with van der Waals surface area (Å²) in [4.78, 5) is 34.0. The van der Waals surface area contributed by atoms with Crippen LogP contribution in [0.5, 0.6) is 0 Å². The van der Waals surface area contributed by atoms with E-state index in [-0.39, 0.29) is 12.4 Å². The van der Waals surface area contributed by atoms with Crippen LogP contribution in [-0.2, 0) is 4.74 Å². The van der Waals surface area contributed by atoms with Crippen LogP contribution in [0.1, 0.15) is 20.7 Å². The molecular weight excluding hydrogens is 432 g/mol. The molecule has 0 bridgehead atoms. The van der Waals surface area contributed by atoms with Crippen molar-refractivity contribution in [2.75, 3.05) is 6.61 Å². The van der Waals surface area contributed by atoms with E-state index in [2.05, 4.69) is 25.9 Å². The van der Waals surface area contributed by atoms with E-state index in [0.29, 0.717) is 33.4 Å². The summed E-state index contributed by atoms with van der Waals surface area (Å²) in [6, 6.07) is 21.3. The molecule has 142 valence electrons. The summed E-state index contributed by atoms with van der Waals surface area (Å²) in [5.41, 5.74) is 2.70. The maximum Gasteiger partial charge on any atom is 0.339 e. The van der Waals surface area contributed by atoms with Crippen molar-refractivity contribution in [3.8, 4) is 11.4 Å². The summed E-state index contributed by atoms with van der Waals surface area (Å²) >= 11 is 3.33. The SMILES string of the molecule is O=C(COC(=O)c1cc(-c2ccccn2)nc2ccccc12)c1ccc(Br)cc1. The molecule has 0 aliphatic carbocycles. The normalized spacial score (nSPS) is 10.7. The van der Waals surface area contributed by atoms with Gasteiger partial charge in [-0.2, -0.15) is 0 Å². The van der Waals surface area contributed by atoms with Gasteiger partial charge in [0.2, 0.25) is 0 Å².